The Morgan fingerprint density at radius 2 is 1.55 bits per heavy atom. The van der Waals surface area contributed by atoms with Gasteiger partial charge >= 0.3 is 0 Å². The number of aliphatic hydroxyl groups is 1. The van der Waals surface area contributed by atoms with E-state index in [0.29, 0.717) is 0 Å². The molecule has 22 heavy (non-hydrogen) atoms. The van der Waals surface area contributed by atoms with Gasteiger partial charge in [0.25, 0.3) is 0 Å². The number of hydrogen-bond acceptors (Lipinski definition) is 1. The lowest BCUT2D eigenvalue weighted by Crippen LogP contribution is -2.36. The van der Waals surface area contributed by atoms with E-state index in [1.807, 2.05) is 36.4 Å². The van der Waals surface area contributed by atoms with Crippen molar-refractivity contribution < 1.29 is 5.11 Å². The summed E-state index contributed by atoms with van der Waals surface area (Å²) in [7, 11) is 0. The van der Waals surface area contributed by atoms with Gasteiger partial charge in [-0.25, -0.2) is 0 Å². The van der Waals surface area contributed by atoms with Gasteiger partial charge in [-0.15, -0.1) is 0 Å². The van der Waals surface area contributed by atoms with Gasteiger partial charge < -0.3 is 5.11 Å². The SMILES string of the molecule is C=C1C=c2ccccc2=C(c2cccc3ccccc23)C1O. The van der Waals surface area contributed by atoms with Crippen LogP contribution in [-0.4, -0.2) is 11.2 Å². The number of aliphatic hydroxyl groups excluding tert-OH is 1. The molecule has 0 spiro atoms. The lowest BCUT2D eigenvalue weighted by molar-refractivity contribution is 0.273. The Balaban J connectivity index is 2.18. The maximum Gasteiger partial charge on any atom is 0.105 e. The van der Waals surface area contributed by atoms with E-state index in [1.165, 1.54) is 5.39 Å². The van der Waals surface area contributed by atoms with E-state index in [9.17, 15) is 5.11 Å². The minimum atomic E-state index is -0.666. The molecular weight excluding hydrogens is 268 g/mol. The Labute approximate surface area is 129 Å². The summed E-state index contributed by atoms with van der Waals surface area (Å²) in [6, 6.07) is 22.7. The second-order valence-corrected chi connectivity index (χ2v) is 5.65. The van der Waals surface area contributed by atoms with E-state index in [2.05, 4.69) is 43.0 Å². The standard InChI is InChI=1S/C21H16O/c1-14-13-16-8-3-5-11-18(16)20(21(14)22)19-12-6-9-15-7-2-4-10-17(15)19/h2-13,21-22H,1H2. The molecule has 106 valence electrons. The molecule has 0 radical (unpaired) electrons. The molecule has 0 bridgehead atoms. The molecule has 0 saturated heterocycles. The third kappa shape index (κ3) is 1.91. The second kappa shape index (κ2) is 4.97. The molecule has 0 aliphatic heterocycles. The van der Waals surface area contributed by atoms with Crippen LogP contribution in [0.25, 0.3) is 22.4 Å². The average Bonchev–Trinajstić information content (AvgIpc) is 2.56. The fourth-order valence-electron chi connectivity index (χ4n) is 3.23. The van der Waals surface area contributed by atoms with Crippen molar-refractivity contribution in [3.63, 3.8) is 0 Å². The molecule has 1 aliphatic rings. The van der Waals surface area contributed by atoms with Gasteiger partial charge in [0, 0.05) is 5.57 Å². The van der Waals surface area contributed by atoms with Gasteiger partial charge in [-0.3, -0.25) is 0 Å². The Morgan fingerprint density at radius 1 is 0.818 bits per heavy atom. The minimum Gasteiger partial charge on any atom is -0.384 e. The fraction of sp³-hybridized carbons (Fsp3) is 0.0476. The predicted molar refractivity (Wildman–Crippen MR) is 91.8 cm³/mol. The van der Waals surface area contributed by atoms with Crippen molar-refractivity contribution in [2.75, 3.05) is 0 Å². The Kier molecular flexibility index (Phi) is 2.95. The third-order valence-corrected chi connectivity index (χ3v) is 4.30. The first-order chi connectivity index (χ1) is 10.8. The van der Waals surface area contributed by atoms with Crippen molar-refractivity contribution in [3.05, 3.63) is 94.9 Å². The molecule has 0 saturated carbocycles. The van der Waals surface area contributed by atoms with Crippen molar-refractivity contribution in [2.24, 2.45) is 0 Å². The molecule has 1 aliphatic carbocycles. The highest BCUT2D eigenvalue weighted by atomic mass is 16.3. The zero-order chi connectivity index (χ0) is 15.1. The molecule has 0 heterocycles. The summed E-state index contributed by atoms with van der Waals surface area (Å²) < 4.78 is 0. The maximum atomic E-state index is 10.7. The first kappa shape index (κ1) is 13.1. The normalized spacial score (nSPS) is 17.2. The smallest absolute Gasteiger partial charge is 0.105 e. The molecule has 0 aromatic heterocycles. The lowest BCUT2D eigenvalue weighted by atomic mass is 9.86. The predicted octanol–water partition coefficient (Wildman–Crippen LogP) is 2.75. The van der Waals surface area contributed by atoms with Crippen LogP contribution in [0.5, 0.6) is 0 Å². The van der Waals surface area contributed by atoms with E-state index < -0.39 is 6.10 Å². The molecular formula is C21H16O. The number of fused-ring (bicyclic) bond motifs is 2. The molecule has 1 nitrogen and oxygen atoms in total. The molecule has 3 aromatic carbocycles. The summed E-state index contributed by atoms with van der Waals surface area (Å²) in [5.74, 6) is 0. The Hall–Kier alpha value is -2.64. The van der Waals surface area contributed by atoms with Crippen LogP contribution < -0.4 is 10.4 Å². The summed E-state index contributed by atoms with van der Waals surface area (Å²) in [5.41, 5.74) is 2.76. The van der Waals surface area contributed by atoms with E-state index in [4.69, 9.17) is 0 Å². The van der Waals surface area contributed by atoms with Gasteiger partial charge in [-0.1, -0.05) is 73.3 Å². The zero-order valence-corrected chi connectivity index (χ0v) is 12.2. The van der Waals surface area contributed by atoms with E-state index >= 15 is 0 Å². The molecule has 1 heteroatoms. The van der Waals surface area contributed by atoms with E-state index in [-0.39, 0.29) is 0 Å². The topological polar surface area (TPSA) is 20.2 Å². The zero-order valence-electron chi connectivity index (χ0n) is 12.2. The molecule has 4 rings (SSSR count). The van der Waals surface area contributed by atoms with Gasteiger partial charge in [0.05, 0.1) is 0 Å². The van der Waals surface area contributed by atoms with Crippen LogP contribution in [0.1, 0.15) is 5.56 Å². The van der Waals surface area contributed by atoms with Crippen molar-refractivity contribution in [3.8, 4) is 0 Å². The van der Waals surface area contributed by atoms with Crippen molar-refractivity contribution >= 4 is 22.4 Å². The lowest BCUT2D eigenvalue weighted by Gasteiger charge is -2.21. The number of hydrogen-bond donors (Lipinski definition) is 1. The summed E-state index contributed by atoms with van der Waals surface area (Å²) in [6.45, 7) is 4.02. The molecule has 0 amide bonds. The summed E-state index contributed by atoms with van der Waals surface area (Å²) in [6.07, 6.45) is 1.30. The van der Waals surface area contributed by atoms with Crippen LogP contribution in [0.3, 0.4) is 0 Å². The van der Waals surface area contributed by atoms with Gasteiger partial charge in [0.2, 0.25) is 0 Å². The summed E-state index contributed by atoms with van der Waals surface area (Å²) in [4.78, 5) is 0. The number of benzene rings is 3. The van der Waals surface area contributed by atoms with Gasteiger partial charge in [-0.2, -0.15) is 0 Å². The summed E-state index contributed by atoms with van der Waals surface area (Å²) in [5, 5.41) is 15.3. The highest BCUT2D eigenvalue weighted by Crippen LogP contribution is 2.28. The summed E-state index contributed by atoms with van der Waals surface area (Å²) >= 11 is 0. The monoisotopic (exact) mass is 284 g/mol. The molecule has 1 atom stereocenters. The van der Waals surface area contributed by atoms with E-state index in [1.54, 1.807) is 0 Å². The van der Waals surface area contributed by atoms with Crippen molar-refractivity contribution in [1.82, 2.24) is 0 Å². The quantitative estimate of drug-likeness (QED) is 0.728. The molecule has 1 N–H and O–H groups in total. The Morgan fingerprint density at radius 3 is 2.45 bits per heavy atom. The second-order valence-electron chi connectivity index (χ2n) is 5.65. The fourth-order valence-corrected chi connectivity index (χ4v) is 3.23. The largest absolute Gasteiger partial charge is 0.384 e. The maximum absolute atomic E-state index is 10.7. The minimum absolute atomic E-state index is 0.666. The van der Waals surface area contributed by atoms with Gasteiger partial charge in [0.1, 0.15) is 6.10 Å². The first-order valence-corrected chi connectivity index (χ1v) is 7.42. The van der Waals surface area contributed by atoms with Gasteiger partial charge in [-0.05, 0) is 38.4 Å². The van der Waals surface area contributed by atoms with Crippen LogP contribution in [-0.2, 0) is 0 Å². The average molecular weight is 284 g/mol. The third-order valence-electron chi connectivity index (χ3n) is 4.30. The van der Waals surface area contributed by atoms with Gasteiger partial charge in [0.15, 0.2) is 0 Å². The molecule has 1 unspecified atom stereocenters. The van der Waals surface area contributed by atoms with Crippen molar-refractivity contribution in [2.45, 2.75) is 6.10 Å². The van der Waals surface area contributed by atoms with Crippen LogP contribution in [0.2, 0.25) is 0 Å². The van der Waals surface area contributed by atoms with Crippen LogP contribution in [0.4, 0.5) is 0 Å². The number of rotatable bonds is 1. The van der Waals surface area contributed by atoms with Crippen molar-refractivity contribution in [1.29, 1.82) is 0 Å². The molecule has 0 fully saturated rings. The first-order valence-electron chi connectivity index (χ1n) is 7.42. The highest BCUT2D eigenvalue weighted by Gasteiger charge is 2.20. The Bertz CT molecular complexity index is 1010. The van der Waals surface area contributed by atoms with E-state index in [0.717, 1.165) is 32.5 Å². The van der Waals surface area contributed by atoms with Crippen LogP contribution >= 0.6 is 0 Å². The van der Waals surface area contributed by atoms with Crippen LogP contribution in [0, 0.1) is 0 Å². The molecule has 3 aromatic rings. The highest BCUT2D eigenvalue weighted by molar-refractivity contribution is 5.95. The van der Waals surface area contributed by atoms with Crippen LogP contribution in [0.15, 0.2) is 78.9 Å².